The van der Waals surface area contributed by atoms with E-state index in [0.29, 0.717) is 21.5 Å². The first kappa shape index (κ1) is 18.3. The molecule has 134 valence electrons. The van der Waals surface area contributed by atoms with Gasteiger partial charge < -0.3 is 14.2 Å². The molecule has 0 saturated carbocycles. The number of halogens is 1. The molecule has 0 fully saturated rings. The van der Waals surface area contributed by atoms with Crippen LogP contribution in [-0.2, 0) is 14.3 Å². The van der Waals surface area contributed by atoms with E-state index in [1.165, 1.54) is 18.4 Å². The molecule has 0 unspecified atom stereocenters. The number of rotatable bonds is 5. The Morgan fingerprint density at radius 2 is 2.23 bits per heavy atom. The molecule has 1 aromatic carbocycles. The van der Waals surface area contributed by atoms with Gasteiger partial charge >= 0.3 is 11.9 Å². The summed E-state index contributed by atoms with van der Waals surface area (Å²) in [7, 11) is 1.47. The third-order valence-corrected chi connectivity index (χ3v) is 4.86. The zero-order valence-electron chi connectivity index (χ0n) is 13.9. The van der Waals surface area contributed by atoms with E-state index in [1.807, 2.05) is 17.5 Å². The maximum absolute atomic E-state index is 12.1. The van der Waals surface area contributed by atoms with Crippen molar-refractivity contribution in [3.05, 3.63) is 50.3 Å². The molecule has 0 amide bonds. The standard InChI is InChI=1S/C18H14BrNO5S/c1-3-15(21)24-16-11(19)7-10(9-13(16)23-2)8-12-18(22)25-17(20-12)14-5-4-6-26-14/h4-9H,3H2,1-2H3. The Hall–Kier alpha value is -2.45. The summed E-state index contributed by atoms with van der Waals surface area (Å²) in [6.45, 7) is 1.70. The minimum absolute atomic E-state index is 0.181. The molecule has 0 bridgehead atoms. The van der Waals surface area contributed by atoms with Gasteiger partial charge in [0.1, 0.15) is 0 Å². The molecule has 1 aromatic heterocycles. The van der Waals surface area contributed by atoms with Crippen molar-refractivity contribution in [3.8, 4) is 11.5 Å². The highest BCUT2D eigenvalue weighted by atomic mass is 79.9. The third kappa shape index (κ3) is 3.86. The molecule has 2 heterocycles. The van der Waals surface area contributed by atoms with Gasteiger partial charge in [-0.05, 0) is 51.1 Å². The van der Waals surface area contributed by atoms with E-state index in [9.17, 15) is 9.59 Å². The van der Waals surface area contributed by atoms with Gasteiger partial charge in [-0.25, -0.2) is 9.79 Å². The quantitative estimate of drug-likeness (QED) is 0.400. The molecular weight excluding hydrogens is 422 g/mol. The monoisotopic (exact) mass is 435 g/mol. The van der Waals surface area contributed by atoms with Crippen molar-refractivity contribution >= 4 is 51.2 Å². The summed E-state index contributed by atoms with van der Waals surface area (Å²) < 4.78 is 16.3. The molecule has 0 radical (unpaired) electrons. The lowest BCUT2D eigenvalue weighted by molar-refractivity contribution is -0.134. The highest BCUT2D eigenvalue weighted by Crippen LogP contribution is 2.37. The molecule has 0 spiro atoms. The zero-order chi connectivity index (χ0) is 18.7. The summed E-state index contributed by atoms with van der Waals surface area (Å²) in [4.78, 5) is 28.7. The first-order valence-corrected chi connectivity index (χ1v) is 9.33. The van der Waals surface area contributed by atoms with Crippen molar-refractivity contribution in [2.45, 2.75) is 13.3 Å². The van der Waals surface area contributed by atoms with Crippen LogP contribution < -0.4 is 9.47 Å². The van der Waals surface area contributed by atoms with Crippen LogP contribution in [0, 0.1) is 0 Å². The van der Waals surface area contributed by atoms with E-state index >= 15 is 0 Å². The van der Waals surface area contributed by atoms with Crippen LogP contribution in [0.1, 0.15) is 23.8 Å². The second-order valence-electron chi connectivity index (χ2n) is 5.18. The Balaban J connectivity index is 1.94. The molecule has 0 aliphatic carbocycles. The molecule has 1 aliphatic rings. The molecule has 2 aromatic rings. The summed E-state index contributed by atoms with van der Waals surface area (Å²) in [5, 5.41) is 1.88. The molecule has 0 saturated heterocycles. The fourth-order valence-corrected chi connectivity index (χ4v) is 3.37. The zero-order valence-corrected chi connectivity index (χ0v) is 16.3. The minimum atomic E-state index is -0.523. The molecule has 6 nitrogen and oxygen atoms in total. The topological polar surface area (TPSA) is 74.2 Å². The molecule has 1 aliphatic heterocycles. The summed E-state index contributed by atoms with van der Waals surface area (Å²) >= 11 is 4.81. The van der Waals surface area contributed by atoms with E-state index in [0.717, 1.165) is 4.88 Å². The maximum Gasteiger partial charge on any atom is 0.363 e. The largest absolute Gasteiger partial charge is 0.493 e. The number of nitrogens with zero attached hydrogens (tertiary/aromatic N) is 1. The average Bonchev–Trinajstić information content (AvgIpc) is 3.27. The second kappa shape index (κ2) is 7.84. The summed E-state index contributed by atoms with van der Waals surface area (Å²) in [6, 6.07) is 7.05. The van der Waals surface area contributed by atoms with Gasteiger partial charge in [0.15, 0.2) is 17.2 Å². The number of esters is 2. The van der Waals surface area contributed by atoms with Crippen LogP contribution in [0.15, 0.2) is 44.8 Å². The van der Waals surface area contributed by atoms with Gasteiger partial charge in [0.2, 0.25) is 5.90 Å². The number of carbonyl (C=O) groups excluding carboxylic acids is 2. The number of hydrogen-bond acceptors (Lipinski definition) is 7. The minimum Gasteiger partial charge on any atom is -0.493 e. The Kier molecular flexibility index (Phi) is 5.53. The number of hydrogen-bond donors (Lipinski definition) is 0. The number of thiophene rings is 1. The number of benzene rings is 1. The van der Waals surface area contributed by atoms with Crippen LogP contribution in [0.5, 0.6) is 11.5 Å². The highest BCUT2D eigenvalue weighted by molar-refractivity contribution is 9.10. The lowest BCUT2D eigenvalue weighted by Crippen LogP contribution is -2.07. The summed E-state index contributed by atoms with van der Waals surface area (Å²) in [6.07, 6.45) is 1.83. The van der Waals surface area contributed by atoms with Gasteiger partial charge in [-0.1, -0.05) is 13.0 Å². The SMILES string of the molecule is CCC(=O)Oc1c(Br)cc(C=C2N=C(c3cccs3)OC2=O)cc1OC. The maximum atomic E-state index is 12.1. The second-order valence-corrected chi connectivity index (χ2v) is 6.98. The van der Waals surface area contributed by atoms with E-state index in [4.69, 9.17) is 14.2 Å². The van der Waals surface area contributed by atoms with Gasteiger partial charge in [0.25, 0.3) is 0 Å². The van der Waals surface area contributed by atoms with Crippen LogP contribution in [0.3, 0.4) is 0 Å². The van der Waals surface area contributed by atoms with Crippen LogP contribution in [0.2, 0.25) is 0 Å². The highest BCUT2D eigenvalue weighted by Gasteiger charge is 2.25. The number of cyclic esters (lactones) is 1. The van der Waals surface area contributed by atoms with Gasteiger partial charge in [-0.2, -0.15) is 0 Å². The van der Waals surface area contributed by atoms with Gasteiger partial charge in [-0.15, -0.1) is 11.3 Å². The Morgan fingerprint density at radius 3 is 2.88 bits per heavy atom. The summed E-state index contributed by atoms with van der Waals surface area (Å²) in [5.74, 6) is 0.0422. The van der Waals surface area contributed by atoms with Crippen molar-refractivity contribution in [2.24, 2.45) is 4.99 Å². The molecule has 8 heteroatoms. The number of carbonyl (C=O) groups is 2. The van der Waals surface area contributed by atoms with E-state index in [1.54, 1.807) is 25.1 Å². The van der Waals surface area contributed by atoms with Gasteiger partial charge in [0.05, 0.1) is 16.5 Å². The molecule has 0 N–H and O–H groups in total. The normalized spacial score (nSPS) is 15.0. The Bertz CT molecular complexity index is 918. The van der Waals surface area contributed by atoms with Crippen LogP contribution >= 0.6 is 27.3 Å². The van der Waals surface area contributed by atoms with Crippen LogP contribution in [0.4, 0.5) is 0 Å². The Labute approximate surface area is 162 Å². The van der Waals surface area contributed by atoms with E-state index in [-0.39, 0.29) is 24.0 Å². The predicted octanol–water partition coefficient (Wildman–Crippen LogP) is 4.18. The number of aliphatic imine (C=N–C) groups is 1. The first-order chi connectivity index (χ1) is 12.5. The number of ether oxygens (including phenoxy) is 3. The molecule has 0 atom stereocenters. The van der Waals surface area contributed by atoms with Crippen molar-refractivity contribution in [2.75, 3.05) is 7.11 Å². The van der Waals surface area contributed by atoms with Crippen LogP contribution in [-0.4, -0.2) is 24.9 Å². The van der Waals surface area contributed by atoms with E-state index < -0.39 is 5.97 Å². The predicted molar refractivity (Wildman–Crippen MR) is 102 cm³/mol. The molecule has 26 heavy (non-hydrogen) atoms. The lowest BCUT2D eigenvalue weighted by Gasteiger charge is -2.11. The van der Waals surface area contributed by atoms with Crippen molar-refractivity contribution < 1.29 is 23.8 Å². The summed E-state index contributed by atoms with van der Waals surface area (Å²) in [5.41, 5.74) is 0.828. The fraction of sp³-hybridized carbons (Fsp3) is 0.167. The van der Waals surface area contributed by atoms with Gasteiger partial charge in [-0.3, -0.25) is 4.79 Å². The Morgan fingerprint density at radius 1 is 1.42 bits per heavy atom. The van der Waals surface area contributed by atoms with E-state index in [2.05, 4.69) is 20.9 Å². The molecular formula is C18H14BrNO5S. The van der Waals surface area contributed by atoms with Crippen molar-refractivity contribution in [1.82, 2.24) is 0 Å². The van der Waals surface area contributed by atoms with Crippen molar-refractivity contribution in [1.29, 1.82) is 0 Å². The van der Waals surface area contributed by atoms with Crippen molar-refractivity contribution in [3.63, 3.8) is 0 Å². The number of methoxy groups -OCH3 is 1. The smallest absolute Gasteiger partial charge is 0.363 e. The van der Waals surface area contributed by atoms with Gasteiger partial charge in [0, 0.05) is 6.42 Å². The first-order valence-electron chi connectivity index (χ1n) is 7.66. The molecule has 3 rings (SSSR count). The van der Waals surface area contributed by atoms with Crippen LogP contribution in [0.25, 0.3) is 6.08 Å². The lowest BCUT2D eigenvalue weighted by atomic mass is 10.1. The average molecular weight is 436 g/mol. The third-order valence-electron chi connectivity index (χ3n) is 3.41. The fourth-order valence-electron chi connectivity index (χ4n) is 2.18.